The van der Waals surface area contributed by atoms with E-state index in [1.54, 1.807) is 0 Å². The van der Waals surface area contributed by atoms with Crippen LogP contribution >= 0.6 is 28.1 Å². The van der Waals surface area contributed by atoms with Crippen molar-refractivity contribution in [1.29, 1.82) is 0 Å². The third kappa shape index (κ3) is 0.820. The van der Waals surface area contributed by atoms with Crippen LogP contribution in [-0.2, 0) is 0 Å². The van der Waals surface area contributed by atoms with Crippen molar-refractivity contribution in [3.05, 3.63) is 0 Å². The van der Waals surface area contributed by atoms with Gasteiger partial charge in [-0.3, -0.25) is 5.43 Å². The Kier molecular flexibility index (Phi) is 1.55. The molecule has 0 aromatic rings. The van der Waals surface area contributed by atoms with E-state index in [1.165, 1.54) is 12.1 Å². The maximum absolute atomic E-state index is 5.49. The molecule has 6 rings (SSSR count). The van der Waals surface area contributed by atoms with Gasteiger partial charge in [0.25, 0.3) is 0 Å². The van der Waals surface area contributed by atoms with E-state index in [9.17, 15) is 0 Å². The molecule has 0 unspecified atom stereocenters. The Morgan fingerprint density at radius 3 is 2.71 bits per heavy atom. The number of hydrogen-bond donors (Lipinski definition) is 2. The van der Waals surface area contributed by atoms with Crippen LogP contribution in [0.4, 0.5) is 0 Å². The zero-order valence-corrected chi connectivity index (χ0v) is 11.6. The van der Waals surface area contributed by atoms with Gasteiger partial charge < -0.3 is 5.73 Å². The van der Waals surface area contributed by atoms with Crippen molar-refractivity contribution in [3.8, 4) is 0 Å². The molecule has 6 aliphatic rings. The lowest BCUT2D eigenvalue weighted by Crippen LogP contribution is -2.30. The standard InChI is InChI=1S/C12H14BrN3S/c13-10-6-2-1-3-4(6)9-8(10)5(2)7(3)11(9)15-16-12(14)17/h2-10H,1H2,(H3,14,16,17)/b15-11-/t2-,3-,4+,5-,6-,7+,8-,9+,10+/m1/s1. The molecular weight excluding hydrogens is 298 g/mol. The number of rotatable bonds is 1. The lowest BCUT2D eigenvalue weighted by molar-refractivity contribution is 0.132. The summed E-state index contributed by atoms with van der Waals surface area (Å²) in [6.07, 6.45) is 1.46. The van der Waals surface area contributed by atoms with Gasteiger partial charge >= 0.3 is 0 Å². The molecule has 6 aliphatic carbocycles. The van der Waals surface area contributed by atoms with E-state index >= 15 is 0 Å². The van der Waals surface area contributed by atoms with Crippen molar-refractivity contribution in [2.24, 2.45) is 58.2 Å². The van der Waals surface area contributed by atoms with Crippen molar-refractivity contribution >= 4 is 39.0 Å². The molecule has 0 amide bonds. The largest absolute Gasteiger partial charge is 0.375 e. The number of nitrogens with one attached hydrogen (secondary N) is 1. The maximum atomic E-state index is 5.49. The highest BCUT2D eigenvalue weighted by Gasteiger charge is 2.82. The van der Waals surface area contributed by atoms with E-state index in [4.69, 9.17) is 18.0 Å². The first-order chi connectivity index (χ1) is 8.20. The van der Waals surface area contributed by atoms with Crippen LogP contribution in [0.15, 0.2) is 5.10 Å². The minimum absolute atomic E-state index is 0.297. The summed E-state index contributed by atoms with van der Waals surface area (Å²) in [4.78, 5) is 0.764. The number of hydrazone groups is 1. The van der Waals surface area contributed by atoms with Crippen LogP contribution in [0, 0.1) is 47.3 Å². The average molecular weight is 312 g/mol. The van der Waals surface area contributed by atoms with Crippen molar-refractivity contribution in [2.75, 3.05) is 0 Å². The van der Waals surface area contributed by atoms with Gasteiger partial charge in [-0.15, -0.1) is 0 Å². The third-order valence-corrected chi connectivity index (χ3v) is 7.65. The van der Waals surface area contributed by atoms with Gasteiger partial charge in [0.15, 0.2) is 5.11 Å². The van der Waals surface area contributed by atoms with E-state index in [-0.39, 0.29) is 0 Å². The summed E-state index contributed by atoms with van der Waals surface area (Å²) in [6, 6.07) is 0. The van der Waals surface area contributed by atoms with Crippen LogP contribution in [0.2, 0.25) is 0 Å². The van der Waals surface area contributed by atoms with E-state index in [0.29, 0.717) is 5.11 Å². The number of hydrogen-bond acceptors (Lipinski definition) is 2. The first kappa shape index (κ1) is 9.73. The molecule has 6 saturated carbocycles. The lowest BCUT2D eigenvalue weighted by atomic mass is 9.71. The highest BCUT2D eigenvalue weighted by atomic mass is 79.9. The molecule has 0 spiro atoms. The summed E-state index contributed by atoms with van der Waals surface area (Å²) < 4.78 is 0. The predicted molar refractivity (Wildman–Crippen MR) is 72.6 cm³/mol. The fraction of sp³-hybridized carbons (Fsp3) is 0.833. The summed E-state index contributed by atoms with van der Waals surface area (Å²) in [5.41, 5.74) is 9.73. The lowest BCUT2D eigenvalue weighted by Gasteiger charge is -2.32. The van der Waals surface area contributed by atoms with Gasteiger partial charge in [-0.05, 0) is 54.1 Å². The second-order valence-electron chi connectivity index (χ2n) is 6.38. The normalized spacial score (nSPS) is 65.7. The maximum Gasteiger partial charge on any atom is 0.184 e. The zero-order chi connectivity index (χ0) is 11.5. The number of nitrogens with zero attached hydrogens (tertiary/aromatic N) is 1. The molecule has 0 radical (unpaired) electrons. The molecule has 90 valence electrons. The van der Waals surface area contributed by atoms with Crippen LogP contribution in [0.5, 0.6) is 0 Å². The molecule has 0 aromatic carbocycles. The van der Waals surface area contributed by atoms with Crippen molar-refractivity contribution in [3.63, 3.8) is 0 Å². The number of alkyl halides is 1. The van der Waals surface area contributed by atoms with E-state index in [2.05, 4.69) is 26.5 Å². The van der Waals surface area contributed by atoms with E-state index in [0.717, 1.165) is 52.2 Å². The molecule has 17 heavy (non-hydrogen) atoms. The minimum atomic E-state index is 0.297. The molecule has 5 heteroatoms. The first-order valence-electron chi connectivity index (χ1n) is 6.47. The second-order valence-corrected chi connectivity index (χ2v) is 7.88. The Morgan fingerprint density at radius 1 is 1.24 bits per heavy atom. The van der Waals surface area contributed by atoms with Gasteiger partial charge in [0.05, 0.1) is 0 Å². The van der Waals surface area contributed by atoms with Gasteiger partial charge in [-0.1, -0.05) is 15.9 Å². The zero-order valence-electron chi connectivity index (χ0n) is 9.21. The van der Waals surface area contributed by atoms with Gasteiger partial charge in [-0.25, -0.2) is 0 Å². The average Bonchev–Trinajstić information content (AvgIpc) is 2.97. The Balaban J connectivity index is 1.62. The van der Waals surface area contributed by atoms with Crippen LogP contribution in [0.1, 0.15) is 6.42 Å². The van der Waals surface area contributed by atoms with Gasteiger partial charge in [-0.2, -0.15) is 5.10 Å². The minimum Gasteiger partial charge on any atom is -0.375 e. The molecule has 0 saturated heterocycles. The number of nitrogens with two attached hydrogens (primary N) is 1. The summed E-state index contributed by atoms with van der Waals surface area (Å²) in [6.45, 7) is 0. The van der Waals surface area contributed by atoms with Crippen molar-refractivity contribution in [2.45, 2.75) is 11.2 Å². The van der Waals surface area contributed by atoms with Crippen molar-refractivity contribution < 1.29 is 0 Å². The highest BCUT2D eigenvalue weighted by Crippen LogP contribution is 2.82. The van der Waals surface area contributed by atoms with Crippen LogP contribution < -0.4 is 11.2 Å². The Bertz CT molecular complexity index is 476. The molecular formula is C12H14BrN3S. The molecule has 3 N–H and O–H groups in total. The molecule has 0 heterocycles. The highest BCUT2D eigenvalue weighted by molar-refractivity contribution is 9.09. The van der Waals surface area contributed by atoms with Gasteiger partial charge in [0.2, 0.25) is 0 Å². The molecule has 6 fully saturated rings. The topological polar surface area (TPSA) is 50.4 Å². The molecule has 0 aliphatic heterocycles. The van der Waals surface area contributed by atoms with Crippen LogP contribution in [-0.4, -0.2) is 15.7 Å². The van der Waals surface area contributed by atoms with Crippen LogP contribution in [0.3, 0.4) is 0 Å². The molecule has 6 bridgehead atoms. The first-order valence-corrected chi connectivity index (χ1v) is 7.79. The third-order valence-electron chi connectivity index (χ3n) is 6.34. The molecule has 9 atom stereocenters. The summed E-state index contributed by atoms with van der Waals surface area (Å²) >= 11 is 8.82. The van der Waals surface area contributed by atoms with E-state index < -0.39 is 0 Å². The second kappa shape index (κ2) is 2.72. The van der Waals surface area contributed by atoms with Gasteiger partial charge in [0.1, 0.15) is 0 Å². The van der Waals surface area contributed by atoms with Gasteiger partial charge in [0, 0.05) is 22.4 Å². The summed E-state index contributed by atoms with van der Waals surface area (Å²) in [5, 5.41) is 4.85. The Labute approximate surface area is 114 Å². The fourth-order valence-electron chi connectivity index (χ4n) is 6.49. The van der Waals surface area contributed by atoms with Crippen molar-refractivity contribution in [1.82, 2.24) is 5.43 Å². The Hall–Kier alpha value is -0.160. The number of thiocarbonyl (C=S) groups is 1. The van der Waals surface area contributed by atoms with E-state index in [1.807, 2.05) is 0 Å². The number of halogens is 1. The smallest absolute Gasteiger partial charge is 0.184 e. The monoisotopic (exact) mass is 311 g/mol. The Morgan fingerprint density at radius 2 is 2.00 bits per heavy atom. The predicted octanol–water partition coefficient (Wildman–Crippen LogP) is 1.33. The SMILES string of the molecule is NC(=S)N/N=C1/[C@H]2[C@@H]3C[C@H]4[C@H]5[C@H](Br)[C@@H]([C@@H]1[C@@H]35)[C@H]42. The molecule has 3 nitrogen and oxygen atoms in total. The quantitative estimate of drug-likeness (QED) is 0.436. The summed E-state index contributed by atoms with van der Waals surface area (Å²) in [7, 11) is 0. The summed E-state index contributed by atoms with van der Waals surface area (Å²) in [5.74, 6) is 7.11. The van der Waals surface area contributed by atoms with Crippen LogP contribution in [0.25, 0.3) is 0 Å². The fourth-order valence-corrected chi connectivity index (χ4v) is 7.97. The molecule has 0 aromatic heterocycles.